The molecular weight excluding hydrogens is 432 g/mol. The Morgan fingerprint density at radius 3 is 2.44 bits per heavy atom. The van der Waals surface area contributed by atoms with Crippen molar-refractivity contribution in [2.45, 2.75) is 64.0 Å². The summed E-state index contributed by atoms with van der Waals surface area (Å²) < 4.78 is 6.49. The largest absolute Gasteiger partial charge is 0.464 e. The summed E-state index contributed by atoms with van der Waals surface area (Å²) in [5, 5.41) is 14.8. The number of pyridine rings is 1. The van der Waals surface area contributed by atoms with Gasteiger partial charge in [0.05, 0.1) is 22.2 Å². The fourth-order valence-corrected chi connectivity index (χ4v) is 4.89. The first-order chi connectivity index (χ1) is 15.1. The highest BCUT2D eigenvalue weighted by Gasteiger charge is 2.48. The van der Waals surface area contributed by atoms with Crippen molar-refractivity contribution in [1.82, 2.24) is 9.88 Å². The van der Waals surface area contributed by atoms with E-state index in [-0.39, 0.29) is 35.3 Å². The molecule has 0 bridgehead atoms. The Bertz CT molecular complexity index is 1110. The van der Waals surface area contributed by atoms with Crippen LogP contribution in [0.15, 0.2) is 29.2 Å². The smallest absolute Gasteiger partial charge is 0.302 e. The molecule has 32 heavy (non-hydrogen) atoms. The van der Waals surface area contributed by atoms with Crippen molar-refractivity contribution in [2.24, 2.45) is 5.41 Å². The second-order valence-corrected chi connectivity index (χ2v) is 9.88. The van der Waals surface area contributed by atoms with Crippen molar-refractivity contribution in [1.29, 1.82) is 0 Å². The van der Waals surface area contributed by atoms with Gasteiger partial charge < -0.3 is 19.7 Å². The van der Waals surface area contributed by atoms with Crippen LogP contribution in [0.1, 0.15) is 68.8 Å². The van der Waals surface area contributed by atoms with Gasteiger partial charge in [-0.05, 0) is 69.1 Å². The lowest BCUT2D eigenvalue weighted by molar-refractivity contribution is -0.141. The third-order valence-electron chi connectivity index (χ3n) is 7.07. The molecule has 2 aliphatic rings. The van der Waals surface area contributed by atoms with Crippen LogP contribution in [0, 0.1) is 5.41 Å². The van der Waals surface area contributed by atoms with Crippen LogP contribution in [0.25, 0.3) is 10.8 Å². The van der Waals surface area contributed by atoms with E-state index in [2.05, 4.69) is 5.32 Å². The van der Waals surface area contributed by atoms with Crippen LogP contribution >= 0.6 is 11.6 Å². The predicted molar refractivity (Wildman–Crippen MR) is 122 cm³/mol. The Morgan fingerprint density at radius 1 is 1.16 bits per heavy atom. The molecule has 1 amide bonds. The van der Waals surface area contributed by atoms with E-state index in [0.717, 1.165) is 12.8 Å². The molecule has 1 aromatic heterocycles. The first kappa shape index (κ1) is 22.8. The first-order valence-electron chi connectivity index (χ1n) is 11.1. The Hall–Kier alpha value is -2.38. The number of hydrogen-bond acceptors (Lipinski definition) is 5. The molecule has 7 nitrogen and oxygen atoms in total. The van der Waals surface area contributed by atoms with Crippen molar-refractivity contribution in [3.05, 3.63) is 45.3 Å². The third-order valence-corrected chi connectivity index (χ3v) is 7.38. The van der Waals surface area contributed by atoms with Gasteiger partial charge in [0.15, 0.2) is 0 Å². The number of rotatable bonds is 6. The molecule has 4 rings (SSSR count). The van der Waals surface area contributed by atoms with Crippen molar-refractivity contribution in [3.8, 4) is 0 Å². The maximum Gasteiger partial charge on any atom is 0.302 e. The van der Waals surface area contributed by atoms with Crippen LogP contribution in [-0.4, -0.2) is 40.3 Å². The van der Waals surface area contributed by atoms with Gasteiger partial charge in [0.25, 0.3) is 11.5 Å². The summed E-state index contributed by atoms with van der Waals surface area (Å²) in [6.07, 6.45) is 7.44. The molecule has 0 aliphatic heterocycles. The van der Waals surface area contributed by atoms with E-state index in [9.17, 15) is 19.5 Å². The van der Waals surface area contributed by atoms with Gasteiger partial charge in [-0.3, -0.25) is 14.4 Å². The highest BCUT2D eigenvalue weighted by Crippen LogP contribution is 2.57. The van der Waals surface area contributed by atoms with Gasteiger partial charge in [-0.25, -0.2) is 0 Å². The highest BCUT2D eigenvalue weighted by atomic mass is 35.5. The number of fused-ring (bicyclic) bond motifs is 1. The summed E-state index contributed by atoms with van der Waals surface area (Å²) in [5.41, 5.74) is -0.534. The minimum absolute atomic E-state index is 0.0710. The number of hydrogen-bond donors (Lipinski definition) is 2. The maximum atomic E-state index is 13.0. The first-order valence-corrected chi connectivity index (χ1v) is 11.5. The summed E-state index contributed by atoms with van der Waals surface area (Å²) in [6, 6.07) is 4.44. The number of halogens is 1. The number of nitrogens with zero attached hydrogens (tertiary/aromatic N) is 1. The summed E-state index contributed by atoms with van der Waals surface area (Å²) >= 11 is 6.35. The molecule has 1 aromatic carbocycles. The number of aromatic nitrogens is 1. The van der Waals surface area contributed by atoms with Crippen molar-refractivity contribution >= 4 is 34.2 Å². The predicted octanol–water partition coefficient (Wildman–Crippen LogP) is 3.59. The second-order valence-electron chi connectivity index (χ2n) is 9.47. The van der Waals surface area contributed by atoms with Gasteiger partial charge in [0.2, 0.25) is 0 Å². The van der Waals surface area contributed by atoms with Crippen LogP contribution in [0.2, 0.25) is 5.02 Å². The van der Waals surface area contributed by atoms with Crippen LogP contribution in [-0.2, 0) is 9.53 Å². The molecule has 1 unspecified atom stereocenters. The number of nitrogens with one attached hydrogen (secondary N) is 1. The summed E-state index contributed by atoms with van der Waals surface area (Å²) in [7, 11) is 0. The molecule has 0 saturated heterocycles. The molecule has 2 fully saturated rings. The second kappa shape index (κ2) is 8.52. The zero-order chi connectivity index (χ0) is 23.1. The Labute approximate surface area is 191 Å². The lowest BCUT2D eigenvalue weighted by atomic mass is 9.77. The number of carbonyl (C=O) groups excluding carboxylic acids is 2. The zero-order valence-corrected chi connectivity index (χ0v) is 19.2. The van der Waals surface area contributed by atoms with Crippen LogP contribution in [0.4, 0.5) is 0 Å². The zero-order valence-electron chi connectivity index (χ0n) is 18.4. The molecule has 2 saturated carbocycles. The van der Waals surface area contributed by atoms with Gasteiger partial charge in [-0.15, -0.1) is 0 Å². The number of ether oxygens (including phenoxy) is 1. The average molecular weight is 461 g/mol. The Morgan fingerprint density at radius 2 is 1.81 bits per heavy atom. The highest BCUT2D eigenvalue weighted by molar-refractivity contribution is 6.35. The number of benzene rings is 1. The summed E-state index contributed by atoms with van der Waals surface area (Å²) in [4.78, 5) is 37.2. The average Bonchev–Trinajstić information content (AvgIpc) is 3.52. The van der Waals surface area contributed by atoms with Crippen LogP contribution < -0.4 is 10.9 Å². The molecule has 2 aromatic rings. The number of aliphatic hydroxyl groups is 1. The molecule has 1 heterocycles. The quantitative estimate of drug-likeness (QED) is 0.642. The van der Waals surface area contributed by atoms with Gasteiger partial charge in [0.1, 0.15) is 6.61 Å². The molecule has 2 aliphatic carbocycles. The van der Waals surface area contributed by atoms with E-state index < -0.39 is 17.5 Å². The molecule has 172 valence electrons. The van der Waals surface area contributed by atoms with E-state index in [4.69, 9.17) is 16.3 Å². The lowest BCUT2D eigenvalue weighted by Crippen LogP contribution is -2.45. The normalized spacial score (nSPS) is 19.5. The maximum absolute atomic E-state index is 13.0. The van der Waals surface area contributed by atoms with Gasteiger partial charge >= 0.3 is 5.97 Å². The lowest BCUT2D eigenvalue weighted by Gasteiger charge is -2.36. The van der Waals surface area contributed by atoms with Crippen molar-refractivity contribution in [2.75, 3.05) is 13.2 Å². The van der Waals surface area contributed by atoms with Crippen molar-refractivity contribution in [3.63, 3.8) is 0 Å². The fourth-order valence-electron chi connectivity index (χ4n) is 4.64. The molecule has 0 radical (unpaired) electrons. The minimum atomic E-state index is -0.903. The monoisotopic (exact) mass is 460 g/mol. The van der Waals surface area contributed by atoms with Gasteiger partial charge in [0, 0.05) is 30.4 Å². The topological polar surface area (TPSA) is 97.6 Å². The molecular formula is C24H29ClN2O5. The molecule has 1 spiro atoms. The standard InChI is InChI=1S/C24H29ClN2O5/c1-15(13-32-16(2)28)27-12-5-17-18(22(27)30)3-4-19(25)20(17)21(29)26-14-24(31)10-8-23(6-7-23)9-11-24/h3-5,12,15,31H,6-11,13-14H2,1-2H3,(H,26,29). The number of esters is 1. The number of amides is 1. The van der Waals surface area contributed by atoms with E-state index in [0.29, 0.717) is 29.0 Å². The van der Waals surface area contributed by atoms with Crippen LogP contribution in [0.5, 0.6) is 0 Å². The van der Waals surface area contributed by atoms with E-state index in [1.165, 1.54) is 30.4 Å². The molecule has 1 atom stereocenters. The van der Waals surface area contributed by atoms with Crippen molar-refractivity contribution < 1.29 is 19.4 Å². The summed E-state index contributed by atoms with van der Waals surface area (Å²) in [6.45, 7) is 3.32. The van der Waals surface area contributed by atoms with Gasteiger partial charge in [-0.1, -0.05) is 11.6 Å². The van der Waals surface area contributed by atoms with E-state index in [1.54, 1.807) is 25.3 Å². The summed E-state index contributed by atoms with van der Waals surface area (Å²) in [5.74, 6) is -0.825. The minimum Gasteiger partial charge on any atom is -0.464 e. The Kier molecular flexibility index (Phi) is 6.07. The number of carbonyl (C=O) groups is 2. The third kappa shape index (κ3) is 4.55. The fraction of sp³-hybridized carbons (Fsp3) is 0.542. The molecule has 2 N–H and O–H groups in total. The van der Waals surface area contributed by atoms with Gasteiger partial charge in [-0.2, -0.15) is 0 Å². The van der Waals surface area contributed by atoms with E-state index >= 15 is 0 Å². The van der Waals surface area contributed by atoms with Crippen LogP contribution in [0.3, 0.4) is 0 Å². The molecule has 8 heteroatoms. The Balaban J connectivity index is 1.54. The van der Waals surface area contributed by atoms with E-state index in [1.807, 2.05) is 0 Å². The SMILES string of the molecule is CC(=O)OCC(C)n1ccc2c(C(=O)NCC3(O)CCC4(CC3)CC4)c(Cl)ccc2c1=O.